The Balaban J connectivity index is 2.11. The molecule has 0 aliphatic carbocycles. The molecule has 2 rings (SSSR count). The van der Waals surface area contributed by atoms with E-state index in [4.69, 9.17) is 0 Å². The first-order valence-corrected chi connectivity index (χ1v) is 10.5. The van der Waals surface area contributed by atoms with E-state index >= 15 is 0 Å². The highest BCUT2D eigenvalue weighted by Crippen LogP contribution is 2.16. The largest absolute Gasteiger partial charge is 0.269 e. The van der Waals surface area contributed by atoms with Gasteiger partial charge in [0.05, 0.1) is 15.6 Å². The summed E-state index contributed by atoms with van der Waals surface area (Å²) < 4.78 is 52.3. The second kappa shape index (κ2) is 7.91. The third-order valence-electron chi connectivity index (χ3n) is 3.48. The van der Waals surface area contributed by atoms with Crippen LogP contribution in [-0.2, 0) is 32.3 Å². The standard InChI is InChI=1S/C15H17N3O6S2/c1-16-25(21,22)11-13-4-2-3-12(9-13)10-17-26(23,24)15-7-5-14(6-8-15)18(19)20/h2-9,16-17H,10-11H2,1H3. The van der Waals surface area contributed by atoms with Crippen molar-refractivity contribution in [1.82, 2.24) is 9.44 Å². The minimum absolute atomic E-state index is 0.0488. The summed E-state index contributed by atoms with van der Waals surface area (Å²) in [5, 5.41) is 10.6. The molecule has 0 heterocycles. The van der Waals surface area contributed by atoms with Crippen LogP contribution in [0.2, 0.25) is 0 Å². The number of nitrogens with zero attached hydrogens (tertiary/aromatic N) is 1. The smallest absolute Gasteiger partial charge is 0.258 e. The van der Waals surface area contributed by atoms with Gasteiger partial charge in [-0.15, -0.1) is 0 Å². The zero-order valence-corrected chi connectivity index (χ0v) is 15.4. The highest BCUT2D eigenvalue weighted by Gasteiger charge is 2.16. The molecule has 0 saturated carbocycles. The van der Waals surface area contributed by atoms with Gasteiger partial charge in [-0.2, -0.15) is 0 Å². The van der Waals surface area contributed by atoms with Gasteiger partial charge in [-0.3, -0.25) is 10.1 Å². The molecule has 140 valence electrons. The van der Waals surface area contributed by atoms with Crippen molar-refractivity contribution in [3.8, 4) is 0 Å². The van der Waals surface area contributed by atoms with Crippen LogP contribution in [0, 0.1) is 10.1 Å². The fraction of sp³-hybridized carbons (Fsp3) is 0.200. The maximum atomic E-state index is 12.3. The van der Waals surface area contributed by atoms with E-state index < -0.39 is 25.0 Å². The minimum Gasteiger partial charge on any atom is -0.258 e. The van der Waals surface area contributed by atoms with E-state index in [2.05, 4.69) is 9.44 Å². The summed E-state index contributed by atoms with van der Waals surface area (Å²) in [6.07, 6.45) is 0. The second-order valence-electron chi connectivity index (χ2n) is 5.36. The number of nitro benzene ring substituents is 1. The van der Waals surface area contributed by atoms with Crippen molar-refractivity contribution in [2.24, 2.45) is 0 Å². The van der Waals surface area contributed by atoms with Gasteiger partial charge in [0.2, 0.25) is 20.0 Å². The molecule has 0 aliphatic rings. The number of hydrogen-bond acceptors (Lipinski definition) is 6. The predicted octanol–water partition coefficient (Wildman–Crippen LogP) is 1.12. The Morgan fingerprint density at radius 2 is 1.62 bits per heavy atom. The van der Waals surface area contributed by atoms with Crippen molar-refractivity contribution in [2.45, 2.75) is 17.2 Å². The molecule has 0 aliphatic heterocycles. The van der Waals surface area contributed by atoms with E-state index in [0.717, 1.165) is 24.3 Å². The fourth-order valence-electron chi connectivity index (χ4n) is 2.13. The maximum Gasteiger partial charge on any atom is 0.269 e. The van der Waals surface area contributed by atoms with Crippen LogP contribution in [0.4, 0.5) is 5.69 Å². The maximum absolute atomic E-state index is 12.3. The Bertz CT molecular complexity index is 1000. The van der Waals surface area contributed by atoms with E-state index in [9.17, 15) is 26.9 Å². The van der Waals surface area contributed by atoms with Crippen LogP contribution in [0.25, 0.3) is 0 Å². The van der Waals surface area contributed by atoms with Gasteiger partial charge in [-0.05, 0) is 30.3 Å². The van der Waals surface area contributed by atoms with Crippen molar-refractivity contribution in [2.75, 3.05) is 7.05 Å². The van der Waals surface area contributed by atoms with Crippen LogP contribution in [0.1, 0.15) is 11.1 Å². The lowest BCUT2D eigenvalue weighted by molar-refractivity contribution is -0.384. The van der Waals surface area contributed by atoms with Crippen molar-refractivity contribution >= 4 is 25.7 Å². The van der Waals surface area contributed by atoms with Crippen molar-refractivity contribution < 1.29 is 21.8 Å². The minimum atomic E-state index is -3.86. The lowest BCUT2D eigenvalue weighted by Crippen LogP contribution is -2.23. The molecule has 2 N–H and O–H groups in total. The molecule has 9 nitrogen and oxygen atoms in total. The third-order valence-corrected chi connectivity index (χ3v) is 6.24. The first kappa shape index (κ1) is 20.0. The fourth-order valence-corrected chi connectivity index (χ4v) is 3.91. The highest BCUT2D eigenvalue weighted by atomic mass is 32.2. The molecule has 11 heteroatoms. The first-order valence-electron chi connectivity index (χ1n) is 7.36. The Kier molecular flexibility index (Phi) is 6.08. The van der Waals surface area contributed by atoms with Crippen LogP contribution in [0.5, 0.6) is 0 Å². The first-order chi connectivity index (χ1) is 12.1. The quantitative estimate of drug-likeness (QED) is 0.504. The van der Waals surface area contributed by atoms with Gasteiger partial charge < -0.3 is 0 Å². The molecular formula is C15H17N3O6S2. The summed E-state index contributed by atoms with van der Waals surface area (Å²) in [7, 11) is -5.97. The topological polar surface area (TPSA) is 135 Å². The number of sulfonamides is 2. The van der Waals surface area contributed by atoms with Gasteiger partial charge in [-0.25, -0.2) is 26.3 Å². The molecule has 0 bridgehead atoms. The number of benzene rings is 2. The summed E-state index contributed by atoms with van der Waals surface area (Å²) in [5.74, 6) is -0.216. The monoisotopic (exact) mass is 399 g/mol. The average Bonchev–Trinajstić information content (AvgIpc) is 2.60. The van der Waals surface area contributed by atoms with E-state index in [-0.39, 0.29) is 22.9 Å². The van der Waals surface area contributed by atoms with Crippen LogP contribution < -0.4 is 9.44 Å². The van der Waals surface area contributed by atoms with Gasteiger partial charge >= 0.3 is 0 Å². The normalized spacial score (nSPS) is 12.0. The number of nitrogens with one attached hydrogen (secondary N) is 2. The lowest BCUT2D eigenvalue weighted by atomic mass is 10.1. The Labute approximate surface area is 151 Å². The number of non-ortho nitro benzene ring substituents is 1. The zero-order chi connectivity index (χ0) is 19.4. The zero-order valence-electron chi connectivity index (χ0n) is 13.7. The summed E-state index contributed by atoms with van der Waals surface area (Å²) in [6.45, 7) is -0.0488. The van der Waals surface area contributed by atoms with Gasteiger partial charge in [0.25, 0.3) is 5.69 Å². The predicted molar refractivity (Wildman–Crippen MR) is 95.2 cm³/mol. The van der Waals surface area contributed by atoms with Crippen LogP contribution in [0.3, 0.4) is 0 Å². The SMILES string of the molecule is CNS(=O)(=O)Cc1cccc(CNS(=O)(=O)c2ccc([N+](=O)[O-])cc2)c1. The Hall–Kier alpha value is -2.34. The van der Waals surface area contributed by atoms with E-state index in [1.165, 1.54) is 7.05 Å². The highest BCUT2D eigenvalue weighted by molar-refractivity contribution is 7.89. The third kappa shape index (κ3) is 5.33. The van der Waals surface area contributed by atoms with Crippen molar-refractivity contribution in [1.29, 1.82) is 0 Å². The summed E-state index contributed by atoms with van der Waals surface area (Å²) in [4.78, 5) is 9.90. The van der Waals surface area contributed by atoms with E-state index in [1.807, 2.05) is 0 Å². The van der Waals surface area contributed by atoms with Crippen molar-refractivity contribution in [3.05, 3.63) is 69.8 Å². The Morgan fingerprint density at radius 3 is 2.19 bits per heavy atom. The number of hydrogen-bond donors (Lipinski definition) is 2. The molecule has 0 atom stereocenters. The molecule has 0 amide bonds. The molecule has 0 radical (unpaired) electrons. The summed E-state index contributed by atoms with van der Waals surface area (Å²) in [5.41, 5.74) is 0.896. The molecule has 0 saturated heterocycles. The molecule has 0 spiro atoms. The van der Waals surface area contributed by atoms with Crippen LogP contribution in [-0.4, -0.2) is 28.8 Å². The number of nitro groups is 1. The van der Waals surface area contributed by atoms with Gasteiger partial charge in [-0.1, -0.05) is 24.3 Å². The van der Waals surface area contributed by atoms with Gasteiger partial charge in [0.15, 0.2) is 0 Å². The summed E-state index contributed by atoms with van der Waals surface area (Å²) in [6, 6.07) is 11.0. The molecule has 2 aromatic carbocycles. The van der Waals surface area contributed by atoms with Crippen LogP contribution >= 0.6 is 0 Å². The molecule has 26 heavy (non-hydrogen) atoms. The number of rotatable bonds is 8. The molecule has 0 unspecified atom stereocenters. The lowest BCUT2D eigenvalue weighted by Gasteiger charge is -2.08. The van der Waals surface area contributed by atoms with E-state index in [0.29, 0.717) is 11.1 Å². The second-order valence-corrected chi connectivity index (χ2v) is 9.05. The molecule has 0 fully saturated rings. The average molecular weight is 399 g/mol. The van der Waals surface area contributed by atoms with Gasteiger partial charge in [0.1, 0.15) is 0 Å². The molecule has 2 aromatic rings. The Morgan fingerprint density at radius 1 is 1.00 bits per heavy atom. The molecular weight excluding hydrogens is 382 g/mol. The van der Waals surface area contributed by atoms with Gasteiger partial charge in [0, 0.05) is 18.7 Å². The summed E-state index contributed by atoms with van der Waals surface area (Å²) >= 11 is 0. The van der Waals surface area contributed by atoms with Crippen molar-refractivity contribution in [3.63, 3.8) is 0 Å². The van der Waals surface area contributed by atoms with Crippen LogP contribution in [0.15, 0.2) is 53.4 Å². The van der Waals surface area contributed by atoms with E-state index in [1.54, 1.807) is 24.3 Å². The molecule has 0 aromatic heterocycles.